The van der Waals surface area contributed by atoms with E-state index in [0.29, 0.717) is 24.4 Å². The number of hydrogen-bond donors (Lipinski definition) is 3. The third-order valence-corrected chi connectivity index (χ3v) is 6.05. The van der Waals surface area contributed by atoms with Crippen LogP contribution in [0.15, 0.2) is 54.6 Å². The molecule has 0 bridgehead atoms. The molecule has 33 heavy (non-hydrogen) atoms. The second-order valence-electron chi connectivity index (χ2n) is 8.48. The molecule has 172 valence electrons. The van der Waals surface area contributed by atoms with Crippen LogP contribution in [0.25, 0.3) is 0 Å². The van der Waals surface area contributed by atoms with Crippen LogP contribution in [0.2, 0.25) is 0 Å². The number of ether oxygens (including phenoxy) is 1. The summed E-state index contributed by atoms with van der Waals surface area (Å²) in [5.41, 5.74) is 2.26. The van der Waals surface area contributed by atoms with Crippen molar-refractivity contribution in [3.8, 4) is 5.75 Å². The summed E-state index contributed by atoms with van der Waals surface area (Å²) in [7, 11) is 0. The molecule has 2 aromatic rings. The summed E-state index contributed by atoms with van der Waals surface area (Å²) in [6, 6.07) is 14.8. The Balaban J connectivity index is 1.36. The number of nitrogens with one attached hydrogen (secondary N) is 3. The van der Waals surface area contributed by atoms with E-state index >= 15 is 0 Å². The second kappa shape index (κ2) is 9.32. The Morgan fingerprint density at radius 2 is 1.73 bits per heavy atom. The fourth-order valence-electron chi connectivity index (χ4n) is 4.12. The largest absolute Gasteiger partial charge is 0.483 e. The van der Waals surface area contributed by atoms with Crippen molar-refractivity contribution >= 4 is 29.4 Å². The van der Waals surface area contributed by atoms with Crippen molar-refractivity contribution in [1.82, 2.24) is 15.8 Å². The van der Waals surface area contributed by atoms with Gasteiger partial charge in [-0.2, -0.15) is 5.01 Å². The highest BCUT2D eigenvalue weighted by atomic mass is 16.5. The van der Waals surface area contributed by atoms with Crippen molar-refractivity contribution < 1.29 is 23.9 Å². The molecule has 2 aromatic carbocycles. The van der Waals surface area contributed by atoms with Crippen LogP contribution in [0.4, 0.5) is 10.5 Å². The van der Waals surface area contributed by atoms with E-state index in [1.54, 1.807) is 48.5 Å². The first-order valence-corrected chi connectivity index (χ1v) is 10.9. The van der Waals surface area contributed by atoms with E-state index in [4.69, 9.17) is 4.74 Å². The summed E-state index contributed by atoms with van der Waals surface area (Å²) in [5.74, 6) is -0.819. The fraction of sp³-hybridized carbons (Fsp3) is 0.333. The predicted octanol–water partition coefficient (Wildman–Crippen LogP) is 2.85. The molecule has 2 fully saturated rings. The van der Waals surface area contributed by atoms with Crippen LogP contribution in [0, 0.1) is 5.92 Å². The maximum Gasteiger partial charge on any atom is 0.344 e. The zero-order chi connectivity index (χ0) is 23.4. The van der Waals surface area contributed by atoms with Gasteiger partial charge in [0, 0.05) is 5.69 Å². The molecule has 2 aliphatic rings. The topological polar surface area (TPSA) is 117 Å². The molecule has 0 atom stereocenters. The fourth-order valence-corrected chi connectivity index (χ4v) is 4.12. The highest BCUT2D eigenvalue weighted by Crippen LogP contribution is 2.35. The quantitative estimate of drug-likeness (QED) is 0.585. The van der Waals surface area contributed by atoms with E-state index in [0.717, 1.165) is 17.9 Å². The van der Waals surface area contributed by atoms with E-state index in [1.807, 2.05) is 6.07 Å². The Morgan fingerprint density at radius 3 is 2.45 bits per heavy atom. The molecule has 0 radical (unpaired) electrons. The third kappa shape index (κ3) is 4.82. The number of anilines is 1. The van der Waals surface area contributed by atoms with E-state index in [9.17, 15) is 19.2 Å². The third-order valence-electron chi connectivity index (χ3n) is 6.05. The molecule has 1 saturated carbocycles. The molecule has 1 spiro atoms. The summed E-state index contributed by atoms with van der Waals surface area (Å²) in [6.07, 6.45) is 2.76. The van der Waals surface area contributed by atoms with Gasteiger partial charge in [0.25, 0.3) is 17.7 Å². The molecule has 5 amide bonds. The van der Waals surface area contributed by atoms with Crippen molar-refractivity contribution in [3.05, 3.63) is 60.2 Å². The van der Waals surface area contributed by atoms with Gasteiger partial charge in [-0.3, -0.25) is 19.8 Å². The van der Waals surface area contributed by atoms with Gasteiger partial charge in [-0.15, -0.1) is 0 Å². The zero-order valence-electron chi connectivity index (χ0n) is 18.3. The molecule has 1 heterocycles. The minimum atomic E-state index is -0.945. The molecule has 0 aromatic heterocycles. The first-order chi connectivity index (χ1) is 15.9. The Labute approximate surface area is 191 Å². The minimum Gasteiger partial charge on any atom is -0.483 e. The first-order valence-electron chi connectivity index (χ1n) is 10.9. The van der Waals surface area contributed by atoms with Gasteiger partial charge in [-0.25, -0.2) is 4.79 Å². The number of amides is 5. The van der Waals surface area contributed by atoms with Crippen LogP contribution in [0.1, 0.15) is 43.0 Å². The van der Waals surface area contributed by atoms with Crippen molar-refractivity contribution in [2.24, 2.45) is 5.92 Å². The molecule has 0 unspecified atom stereocenters. The Morgan fingerprint density at radius 1 is 1.06 bits per heavy atom. The Kier molecular flexibility index (Phi) is 6.30. The molecule has 1 aliphatic heterocycles. The van der Waals surface area contributed by atoms with Crippen LogP contribution < -0.4 is 20.8 Å². The molecular formula is C24H26N4O5. The second-order valence-corrected chi connectivity index (χ2v) is 8.48. The number of benzene rings is 2. The average Bonchev–Trinajstić information content (AvgIpc) is 3.04. The summed E-state index contributed by atoms with van der Waals surface area (Å²) >= 11 is 0. The standard InChI is InChI=1S/C24H26N4O5/c1-16-11-13-24(14-12-16)22(31)28(23(32)26-24)27-20(29)15-33-19-10-6-5-9-18(19)21(30)25-17-7-3-2-4-8-17/h2-10,16H,11-15H2,1H3,(H,25,30)(H,26,32)(H,27,29). The van der Waals surface area contributed by atoms with E-state index < -0.39 is 30.0 Å². The monoisotopic (exact) mass is 450 g/mol. The van der Waals surface area contributed by atoms with Gasteiger partial charge in [0.2, 0.25) is 0 Å². The number of urea groups is 1. The molecule has 1 aliphatic carbocycles. The van der Waals surface area contributed by atoms with Gasteiger partial charge in [0.15, 0.2) is 6.61 Å². The van der Waals surface area contributed by atoms with Gasteiger partial charge in [-0.05, 0) is 55.9 Å². The number of nitrogens with zero attached hydrogens (tertiary/aromatic N) is 1. The van der Waals surface area contributed by atoms with Crippen molar-refractivity contribution in [2.75, 3.05) is 11.9 Å². The molecule has 9 heteroatoms. The average molecular weight is 450 g/mol. The smallest absolute Gasteiger partial charge is 0.344 e. The number of carbonyl (C=O) groups is 4. The predicted molar refractivity (Wildman–Crippen MR) is 120 cm³/mol. The lowest BCUT2D eigenvalue weighted by atomic mass is 9.77. The number of rotatable bonds is 6. The van der Waals surface area contributed by atoms with E-state index in [-0.39, 0.29) is 17.2 Å². The number of hydrogen-bond acceptors (Lipinski definition) is 5. The summed E-state index contributed by atoms with van der Waals surface area (Å²) in [6.45, 7) is 1.64. The van der Waals surface area contributed by atoms with Crippen molar-refractivity contribution in [3.63, 3.8) is 0 Å². The van der Waals surface area contributed by atoms with Crippen molar-refractivity contribution in [2.45, 2.75) is 38.1 Å². The molecule has 9 nitrogen and oxygen atoms in total. The van der Waals surface area contributed by atoms with Gasteiger partial charge >= 0.3 is 6.03 Å². The highest BCUT2D eigenvalue weighted by Gasteiger charge is 2.52. The van der Waals surface area contributed by atoms with E-state index in [1.165, 1.54) is 0 Å². The van der Waals surface area contributed by atoms with Gasteiger partial charge < -0.3 is 15.4 Å². The summed E-state index contributed by atoms with van der Waals surface area (Å²) < 4.78 is 5.55. The molecule has 1 saturated heterocycles. The number of carbonyl (C=O) groups excluding carboxylic acids is 4. The van der Waals surface area contributed by atoms with Crippen LogP contribution >= 0.6 is 0 Å². The Hall–Kier alpha value is -3.88. The van der Waals surface area contributed by atoms with Gasteiger partial charge in [-0.1, -0.05) is 37.3 Å². The van der Waals surface area contributed by atoms with Crippen molar-refractivity contribution in [1.29, 1.82) is 0 Å². The maximum absolute atomic E-state index is 12.9. The lowest BCUT2D eigenvalue weighted by Gasteiger charge is -2.33. The lowest BCUT2D eigenvalue weighted by Crippen LogP contribution is -2.52. The van der Waals surface area contributed by atoms with Crippen LogP contribution in [0.5, 0.6) is 5.75 Å². The molecular weight excluding hydrogens is 424 g/mol. The number of hydrazine groups is 1. The number of para-hydroxylation sites is 2. The van der Waals surface area contributed by atoms with E-state index in [2.05, 4.69) is 23.0 Å². The summed E-state index contributed by atoms with van der Waals surface area (Å²) in [4.78, 5) is 50.3. The highest BCUT2D eigenvalue weighted by molar-refractivity contribution is 6.08. The van der Waals surface area contributed by atoms with Crippen LogP contribution in [-0.2, 0) is 9.59 Å². The maximum atomic E-state index is 12.9. The van der Waals surface area contributed by atoms with Crippen LogP contribution in [0.3, 0.4) is 0 Å². The Bertz CT molecular complexity index is 1060. The van der Waals surface area contributed by atoms with Gasteiger partial charge in [0.05, 0.1) is 5.56 Å². The lowest BCUT2D eigenvalue weighted by molar-refractivity contribution is -0.140. The SMILES string of the molecule is CC1CCC2(CC1)NC(=O)N(NC(=O)COc1ccccc1C(=O)Nc1ccccc1)C2=O. The van der Waals surface area contributed by atoms with Gasteiger partial charge in [0.1, 0.15) is 11.3 Å². The summed E-state index contributed by atoms with van der Waals surface area (Å²) in [5, 5.41) is 6.24. The molecule has 4 rings (SSSR count). The first kappa shape index (κ1) is 22.3. The number of imide groups is 1. The minimum absolute atomic E-state index is 0.205. The normalized spacial score (nSPS) is 22.1. The zero-order valence-corrected chi connectivity index (χ0v) is 18.3. The van der Waals surface area contributed by atoms with Crippen LogP contribution in [-0.4, -0.2) is 40.9 Å². The molecule has 3 N–H and O–H groups in total.